The molecule has 0 bridgehead atoms. The molecule has 3 heteroatoms. The smallest absolute Gasteiger partial charge is 0.220 e. The molecule has 2 N–H and O–H groups in total. The van der Waals surface area contributed by atoms with E-state index in [9.17, 15) is 4.79 Å². The number of nitrogens with one attached hydrogen (secondary N) is 2. The lowest BCUT2D eigenvalue weighted by molar-refractivity contribution is -0.121. The number of carbonyl (C=O) groups excluding carboxylic acids is 1. The van der Waals surface area contributed by atoms with E-state index in [4.69, 9.17) is 0 Å². The molecule has 1 amide bonds. The summed E-state index contributed by atoms with van der Waals surface area (Å²) in [6.45, 7) is 4.82. The molecule has 0 fully saturated rings. The topological polar surface area (TPSA) is 41.1 Å². The molecule has 0 spiro atoms. The molecular formula is C15H24N2O. The third kappa shape index (κ3) is 7.07. The minimum atomic E-state index is 0.169. The van der Waals surface area contributed by atoms with Crippen molar-refractivity contribution in [2.45, 2.75) is 32.6 Å². The molecule has 0 aliphatic carbocycles. The summed E-state index contributed by atoms with van der Waals surface area (Å²) in [7, 11) is 0. The maximum Gasteiger partial charge on any atom is 0.220 e. The molecule has 0 aliphatic heterocycles. The highest BCUT2D eigenvalue weighted by Gasteiger charge is 2.00. The van der Waals surface area contributed by atoms with Crippen LogP contribution in [-0.4, -0.2) is 25.5 Å². The number of hydrogen-bond acceptors (Lipinski definition) is 2. The first kappa shape index (κ1) is 14.7. The summed E-state index contributed by atoms with van der Waals surface area (Å²) in [6, 6.07) is 10.3. The van der Waals surface area contributed by atoms with Gasteiger partial charge in [0.15, 0.2) is 0 Å². The van der Waals surface area contributed by atoms with E-state index < -0.39 is 0 Å². The number of aryl methyl sites for hydroxylation is 1. The van der Waals surface area contributed by atoms with Crippen LogP contribution in [0.1, 0.15) is 31.7 Å². The quantitative estimate of drug-likeness (QED) is 0.657. The molecule has 100 valence electrons. The number of amides is 1. The highest BCUT2D eigenvalue weighted by atomic mass is 16.1. The summed E-state index contributed by atoms with van der Waals surface area (Å²) in [5.74, 6) is 0.169. The van der Waals surface area contributed by atoms with Crippen molar-refractivity contribution in [1.82, 2.24) is 10.6 Å². The Balaban J connectivity index is 2.00. The molecule has 0 atom stereocenters. The van der Waals surface area contributed by atoms with Gasteiger partial charge in [-0.2, -0.15) is 0 Å². The molecule has 3 nitrogen and oxygen atoms in total. The zero-order valence-electron chi connectivity index (χ0n) is 11.2. The summed E-state index contributed by atoms with van der Waals surface area (Å²) in [6.07, 6.45) is 3.52. The first-order valence-corrected chi connectivity index (χ1v) is 6.84. The van der Waals surface area contributed by atoms with Crippen LogP contribution >= 0.6 is 0 Å². The first-order valence-electron chi connectivity index (χ1n) is 6.84. The van der Waals surface area contributed by atoms with Gasteiger partial charge in [0.2, 0.25) is 5.91 Å². The van der Waals surface area contributed by atoms with Gasteiger partial charge in [-0.05, 0) is 37.9 Å². The Bertz CT molecular complexity index is 325. The third-order valence-electron chi connectivity index (χ3n) is 2.81. The molecule has 0 radical (unpaired) electrons. The van der Waals surface area contributed by atoms with Crippen molar-refractivity contribution in [2.24, 2.45) is 0 Å². The number of benzene rings is 1. The average Bonchev–Trinajstić information content (AvgIpc) is 2.40. The zero-order chi connectivity index (χ0) is 13.1. The molecule has 1 aromatic carbocycles. The Morgan fingerprint density at radius 2 is 1.89 bits per heavy atom. The second-order valence-electron chi connectivity index (χ2n) is 4.40. The molecule has 0 aromatic heterocycles. The van der Waals surface area contributed by atoms with Crippen molar-refractivity contribution in [1.29, 1.82) is 0 Å². The van der Waals surface area contributed by atoms with Gasteiger partial charge in [0.25, 0.3) is 0 Å². The molecule has 0 saturated heterocycles. The SMILES string of the molecule is CCNCCCNC(=O)CCCc1ccccc1. The minimum absolute atomic E-state index is 0.169. The van der Waals surface area contributed by atoms with Crippen molar-refractivity contribution in [3.8, 4) is 0 Å². The number of hydrogen-bond donors (Lipinski definition) is 2. The van der Waals surface area contributed by atoms with Crippen LogP contribution < -0.4 is 10.6 Å². The third-order valence-corrected chi connectivity index (χ3v) is 2.81. The minimum Gasteiger partial charge on any atom is -0.356 e. The second-order valence-corrected chi connectivity index (χ2v) is 4.40. The monoisotopic (exact) mass is 248 g/mol. The van der Waals surface area contributed by atoms with Crippen LogP contribution in [0.4, 0.5) is 0 Å². The van der Waals surface area contributed by atoms with Gasteiger partial charge >= 0.3 is 0 Å². The normalized spacial score (nSPS) is 10.3. The van der Waals surface area contributed by atoms with E-state index >= 15 is 0 Å². The van der Waals surface area contributed by atoms with Gasteiger partial charge in [-0.3, -0.25) is 4.79 Å². The van der Waals surface area contributed by atoms with Gasteiger partial charge in [0.05, 0.1) is 0 Å². The van der Waals surface area contributed by atoms with Crippen molar-refractivity contribution < 1.29 is 4.79 Å². The molecular weight excluding hydrogens is 224 g/mol. The van der Waals surface area contributed by atoms with Crippen molar-refractivity contribution >= 4 is 5.91 Å². The van der Waals surface area contributed by atoms with Gasteiger partial charge in [0.1, 0.15) is 0 Å². The standard InChI is InChI=1S/C15H24N2O/c1-2-16-12-7-13-17-15(18)11-6-10-14-8-4-3-5-9-14/h3-5,8-9,16H,2,6-7,10-13H2,1H3,(H,17,18). The fraction of sp³-hybridized carbons (Fsp3) is 0.533. The highest BCUT2D eigenvalue weighted by molar-refractivity contribution is 5.75. The van der Waals surface area contributed by atoms with Crippen LogP contribution in [0.15, 0.2) is 30.3 Å². The molecule has 0 saturated carbocycles. The van der Waals surface area contributed by atoms with E-state index in [2.05, 4.69) is 29.7 Å². The highest BCUT2D eigenvalue weighted by Crippen LogP contribution is 2.04. The first-order chi connectivity index (χ1) is 8.83. The van der Waals surface area contributed by atoms with Crippen LogP contribution in [0, 0.1) is 0 Å². The van der Waals surface area contributed by atoms with Gasteiger partial charge in [-0.25, -0.2) is 0 Å². The lowest BCUT2D eigenvalue weighted by Gasteiger charge is -2.05. The van der Waals surface area contributed by atoms with E-state index in [1.165, 1.54) is 5.56 Å². The van der Waals surface area contributed by atoms with Gasteiger partial charge < -0.3 is 10.6 Å². The van der Waals surface area contributed by atoms with Crippen LogP contribution in [0.3, 0.4) is 0 Å². The summed E-state index contributed by atoms with van der Waals surface area (Å²) in [5.41, 5.74) is 1.30. The lowest BCUT2D eigenvalue weighted by Crippen LogP contribution is -2.27. The Hall–Kier alpha value is -1.35. The van der Waals surface area contributed by atoms with E-state index in [1.54, 1.807) is 0 Å². The second kappa shape index (κ2) is 9.66. The van der Waals surface area contributed by atoms with E-state index in [0.717, 1.165) is 38.9 Å². The van der Waals surface area contributed by atoms with Crippen molar-refractivity contribution in [3.63, 3.8) is 0 Å². The molecule has 1 rings (SSSR count). The average molecular weight is 248 g/mol. The Kier molecular flexibility index (Phi) is 7.89. The molecule has 0 aliphatic rings. The predicted octanol–water partition coefficient (Wildman–Crippen LogP) is 2.13. The Morgan fingerprint density at radius 1 is 1.11 bits per heavy atom. The fourth-order valence-electron chi connectivity index (χ4n) is 1.80. The maximum absolute atomic E-state index is 11.5. The Morgan fingerprint density at radius 3 is 2.61 bits per heavy atom. The van der Waals surface area contributed by atoms with Crippen molar-refractivity contribution in [3.05, 3.63) is 35.9 Å². The van der Waals surface area contributed by atoms with Crippen molar-refractivity contribution in [2.75, 3.05) is 19.6 Å². The van der Waals surface area contributed by atoms with E-state index in [0.29, 0.717) is 6.42 Å². The molecule has 0 heterocycles. The maximum atomic E-state index is 11.5. The van der Waals surface area contributed by atoms with Crippen LogP contribution in [0.25, 0.3) is 0 Å². The summed E-state index contributed by atoms with van der Waals surface area (Å²) >= 11 is 0. The number of carbonyl (C=O) groups is 1. The summed E-state index contributed by atoms with van der Waals surface area (Å²) < 4.78 is 0. The van der Waals surface area contributed by atoms with Crippen LogP contribution in [-0.2, 0) is 11.2 Å². The van der Waals surface area contributed by atoms with Crippen LogP contribution in [0.2, 0.25) is 0 Å². The molecule has 0 unspecified atom stereocenters. The van der Waals surface area contributed by atoms with Gasteiger partial charge in [-0.15, -0.1) is 0 Å². The summed E-state index contributed by atoms with van der Waals surface area (Å²) in [5, 5.41) is 6.18. The molecule has 18 heavy (non-hydrogen) atoms. The van der Waals surface area contributed by atoms with Gasteiger partial charge in [-0.1, -0.05) is 37.3 Å². The van der Waals surface area contributed by atoms with E-state index in [1.807, 2.05) is 18.2 Å². The zero-order valence-corrected chi connectivity index (χ0v) is 11.2. The van der Waals surface area contributed by atoms with Crippen LogP contribution in [0.5, 0.6) is 0 Å². The Labute approximate surface area is 110 Å². The summed E-state index contributed by atoms with van der Waals surface area (Å²) in [4.78, 5) is 11.5. The largest absolute Gasteiger partial charge is 0.356 e. The fourth-order valence-corrected chi connectivity index (χ4v) is 1.80. The van der Waals surface area contributed by atoms with E-state index in [-0.39, 0.29) is 5.91 Å². The molecule has 1 aromatic rings. The number of rotatable bonds is 9. The van der Waals surface area contributed by atoms with Gasteiger partial charge in [0, 0.05) is 13.0 Å². The predicted molar refractivity (Wildman–Crippen MR) is 75.6 cm³/mol. The lowest BCUT2D eigenvalue weighted by atomic mass is 10.1.